The number of ether oxygens (including phenoxy) is 4. The molecule has 0 amide bonds. The zero-order valence-electron chi connectivity index (χ0n) is 19.5. The van der Waals surface area contributed by atoms with E-state index < -0.39 is 18.6 Å². The van der Waals surface area contributed by atoms with Gasteiger partial charge in [-0.2, -0.15) is 0 Å². The third-order valence-electron chi connectivity index (χ3n) is 4.60. The third kappa shape index (κ3) is 17.8. The molecular weight excluding hydrogens is 424 g/mol. The van der Waals surface area contributed by atoms with Crippen LogP contribution in [0.1, 0.15) is 39.5 Å². The minimum atomic E-state index is -1.37. The van der Waals surface area contributed by atoms with Crippen molar-refractivity contribution in [2.45, 2.75) is 63.8 Å². The zero-order chi connectivity index (χ0) is 21.9. The second-order valence-electron chi connectivity index (χ2n) is 7.29. The minimum Gasteiger partial charge on any atom is -0.400 e. The van der Waals surface area contributed by atoms with Gasteiger partial charge in [0, 0.05) is 40.6 Å². The van der Waals surface area contributed by atoms with Crippen molar-refractivity contribution in [2.75, 3.05) is 67.1 Å². The smallest absolute Gasteiger partial charge is 0.321 e. The normalized spacial score (nSPS) is 19.8. The molecular formula is C20H44O8Si2. The van der Waals surface area contributed by atoms with Gasteiger partial charge in [-0.25, -0.2) is 0 Å². The molecule has 2 saturated heterocycles. The lowest BCUT2D eigenvalue weighted by molar-refractivity contribution is 0.113. The Labute approximate surface area is 186 Å². The average Bonchev–Trinajstić information content (AvgIpc) is 3.66. The van der Waals surface area contributed by atoms with Crippen LogP contribution in [0.5, 0.6) is 0 Å². The first-order chi connectivity index (χ1) is 14.7. The van der Waals surface area contributed by atoms with Crippen molar-refractivity contribution in [3.05, 3.63) is 0 Å². The Bertz CT molecular complexity index is 363. The van der Waals surface area contributed by atoms with E-state index in [-0.39, 0.29) is 0 Å². The Hall–Kier alpha value is 0.114. The summed E-state index contributed by atoms with van der Waals surface area (Å²) >= 11 is 0. The maximum atomic E-state index is 5.59. The van der Waals surface area contributed by atoms with E-state index in [4.69, 9.17) is 36.7 Å². The number of rotatable bonds is 20. The van der Waals surface area contributed by atoms with E-state index in [0.717, 1.165) is 90.6 Å². The van der Waals surface area contributed by atoms with Crippen LogP contribution in [0.4, 0.5) is 0 Å². The van der Waals surface area contributed by atoms with E-state index >= 15 is 0 Å². The molecule has 8 nitrogen and oxygen atoms in total. The SMILES string of the molecule is CCO[SiH](CCCCOCC1CO1)OCC.CO[SiH](CCCCOCC1CO1)OC. The van der Waals surface area contributed by atoms with Crippen molar-refractivity contribution in [3.8, 4) is 0 Å². The van der Waals surface area contributed by atoms with Crippen molar-refractivity contribution in [3.63, 3.8) is 0 Å². The highest BCUT2D eigenvalue weighted by Gasteiger charge is 2.22. The van der Waals surface area contributed by atoms with Crippen LogP contribution in [-0.2, 0) is 36.7 Å². The van der Waals surface area contributed by atoms with E-state index in [0.29, 0.717) is 12.2 Å². The highest BCUT2D eigenvalue weighted by Crippen LogP contribution is 2.10. The van der Waals surface area contributed by atoms with Crippen molar-refractivity contribution in [1.29, 1.82) is 0 Å². The summed E-state index contributed by atoms with van der Waals surface area (Å²) in [7, 11) is 0.743. The predicted molar refractivity (Wildman–Crippen MR) is 121 cm³/mol. The summed E-state index contributed by atoms with van der Waals surface area (Å²) in [6, 6.07) is 2.15. The summed E-state index contributed by atoms with van der Waals surface area (Å²) in [6.45, 7) is 10.5. The molecule has 2 rings (SSSR count). The molecule has 0 N–H and O–H groups in total. The lowest BCUT2D eigenvalue weighted by atomic mass is 10.3. The highest BCUT2D eigenvalue weighted by atomic mass is 28.3. The van der Waals surface area contributed by atoms with Gasteiger partial charge < -0.3 is 36.7 Å². The first-order valence-electron chi connectivity index (χ1n) is 11.4. The molecule has 0 bridgehead atoms. The quantitative estimate of drug-likeness (QED) is 0.153. The molecule has 0 aliphatic carbocycles. The molecule has 180 valence electrons. The fourth-order valence-corrected chi connectivity index (χ4v) is 5.79. The number of hydrogen-bond acceptors (Lipinski definition) is 8. The van der Waals surface area contributed by atoms with E-state index in [1.807, 2.05) is 13.8 Å². The Morgan fingerprint density at radius 3 is 1.50 bits per heavy atom. The van der Waals surface area contributed by atoms with E-state index in [1.54, 1.807) is 14.2 Å². The summed E-state index contributed by atoms with van der Waals surface area (Å²) in [5, 5.41) is 0. The van der Waals surface area contributed by atoms with Crippen LogP contribution in [0.3, 0.4) is 0 Å². The van der Waals surface area contributed by atoms with Crippen molar-refractivity contribution in [1.82, 2.24) is 0 Å². The Morgan fingerprint density at radius 1 is 0.700 bits per heavy atom. The standard InChI is InChI=1S/C11H24O4Si.C9H20O4Si/c1-3-14-16(15-4-2)8-6-5-7-12-9-11-10-13-11;1-10-14(11-2)6-4-3-5-12-7-9-8-13-9/h11,16H,3-10H2,1-2H3;9,14H,3-8H2,1-2H3. The lowest BCUT2D eigenvalue weighted by Crippen LogP contribution is -2.22. The van der Waals surface area contributed by atoms with E-state index in [1.165, 1.54) is 0 Å². The second kappa shape index (κ2) is 19.8. The van der Waals surface area contributed by atoms with Gasteiger partial charge in [0.25, 0.3) is 0 Å². The van der Waals surface area contributed by atoms with Gasteiger partial charge in [-0.1, -0.05) is 0 Å². The maximum Gasteiger partial charge on any atom is 0.321 e. The summed E-state index contributed by atoms with van der Waals surface area (Å²) < 4.78 is 42.6. The molecule has 0 radical (unpaired) electrons. The van der Waals surface area contributed by atoms with Crippen LogP contribution in [0, 0.1) is 0 Å². The van der Waals surface area contributed by atoms with Gasteiger partial charge in [0.15, 0.2) is 0 Å². The van der Waals surface area contributed by atoms with Gasteiger partial charge >= 0.3 is 18.6 Å². The molecule has 0 saturated carbocycles. The number of unbranched alkanes of at least 4 members (excludes halogenated alkanes) is 2. The molecule has 2 heterocycles. The van der Waals surface area contributed by atoms with Gasteiger partial charge in [0.05, 0.1) is 26.4 Å². The molecule has 10 heteroatoms. The average molecular weight is 469 g/mol. The zero-order valence-corrected chi connectivity index (χ0v) is 21.8. The summed E-state index contributed by atoms with van der Waals surface area (Å²) in [5.41, 5.74) is 0. The molecule has 2 fully saturated rings. The van der Waals surface area contributed by atoms with Gasteiger partial charge in [-0.3, -0.25) is 0 Å². The van der Waals surface area contributed by atoms with Crippen molar-refractivity contribution in [2.24, 2.45) is 0 Å². The fourth-order valence-electron chi connectivity index (χ4n) is 2.71. The fraction of sp³-hybridized carbons (Fsp3) is 1.00. The lowest BCUT2D eigenvalue weighted by Gasteiger charge is -2.14. The van der Waals surface area contributed by atoms with E-state index in [9.17, 15) is 0 Å². The Kier molecular flexibility index (Phi) is 18.6. The van der Waals surface area contributed by atoms with Crippen LogP contribution in [0.25, 0.3) is 0 Å². The van der Waals surface area contributed by atoms with Gasteiger partial charge in [-0.15, -0.1) is 0 Å². The first kappa shape index (κ1) is 28.1. The molecule has 2 aliphatic rings. The minimum absolute atomic E-state index is 0.383. The maximum absolute atomic E-state index is 5.59. The Morgan fingerprint density at radius 2 is 1.13 bits per heavy atom. The first-order valence-corrected chi connectivity index (χ1v) is 14.9. The summed E-state index contributed by atoms with van der Waals surface area (Å²) in [5.74, 6) is 0. The summed E-state index contributed by atoms with van der Waals surface area (Å²) in [6.07, 6.45) is 5.22. The van der Waals surface area contributed by atoms with Gasteiger partial charge in [-0.05, 0) is 51.6 Å². The molecule has 2 atom stereocenters. The molecule has 0 aromatic carbocycles. The summed E-state index contributed by atoms with van der Waals surface area (Å²) in [4.78, 5) is 0. The van der Waals surface area contributed by atoms with Crippen LogP contribution < -0.4 is 0 Å². The molecule has 2 unspecified atom stereocenters. The van der Waals surface area contributed by atoms with Crippen LogP contribution >= 0.6 is 0 Å². The van der Waals surface area contributed by atoms with Crippen molar-refractivity contribution >= 4 is 18.6 Å². The Balaban J connectivity index is 0.000000303. The molecule has 30 heavy (non-hydrogen) atoms. The topological polar surface area (TPSA) is 80.4 Å². The number of hydrogen-bond donors (Lipinski definition) is 0. The molecule has 0 aromatic rings. The third-order valence-corrected chi connectivity index (χ3v) is 8.82. The second-order valence-corrected chi connectivity index (χ2v) is 11.8. The monoisotopic (exact) mass is 468 g/mol. The van der Waals surface area contributed by atoms with Gasteiger partial charge in [0.2, 0.25) is 0 Å². The van der Waals surface area contributed by atoms with E-state index in [2.05, 4.69) is 0 Å². The molecule has 2 aliphatic heterocycles. The molecule has 0 spiro atoms. The van der Waals surface area contributed by atoms with Crippen LogP contribution in [-0.4, -0.2) is 97.9 Å². The highest BCUT2D eigenvalue weighted by molar-refractivity contribution is 6.44. The van der Waals surface area contributed by atoms with Gasteiger partial charge in [0.1, 0.15) is 12.2 Å². The number of epoxide rings is 2. The van der Waals surface area contributed by atoms with Crippen molar-refractivity contribution < 1.29 is 36.7 Å². The van der Waals surface area contributed by atoms with Crippen LogP contribution in [0.15, 0.2) is 0 Å². The van der Waals surface area contributed by atoms with Crippen LogP contribution in [0.2, 0.25) is 12.1 Å². The molecule has 0 aromatic heterocycles. The predicted octanol–water partition coefficient (Wildman–Crippen LogP) is 2.17. The largest absolute Gasteiger partial charge is 0.400 e.